The third kappa shape index (κ3) is 5.94. The van der Waals surface area contributed by atoms with Gasteiger partial charge in [0.1, 0.15) is 5.60 Å². The van der Waals surface area contributed by atoms with E-state index in [0.29, 0.717) is 25.4 Å². The van der Waals surface area contributed by atoms with Crippen LogP contribution in [0.25, 0.3) is 0 Å². The molecule has 0 unspecified atom stereocenters. The molecule has 0 atom stereocenters. The molecule has 1 rings (SSSR count). The summed E-state index contributed by atoms with van der Waals surface area (Å²) in [7, 11) is 0. The Hall–Kier alpha value is -1.26. The van der Waals surface area contributed by atoms with Gasteiger partial charge in [-0.25, -0.2) is 4.79 Å². The van der Waals surface area contributed by atoms with Crippen molar-refractivity contribution in [3.63, 3.8) is 0 Å². The molecule has 0 aromatic carbocycles. The highest BCUT2D eigenvalue weighted by Gasteiger charge is 2.28. The van der Waals surface area contributed by atoms with Gasteiger partial charge in [0.15, 0.2) is 0 Å². The molecule has 1 saturated heterocycles. The number of piperidine rings is 1. The van der Waals surface area contributed by atoms with Crippen LogP contribution in [0.3, 0.4) is 0 Å². The summed E-state index contributed by atoms with van der Waals surface area (Å²) in [5.41, 5.74) is -0.452. The van der Waals surface area contributed by atoms with Gasteiger partial charge in [-0.15, -0.1) is 0 Å². The molecule has 5 heteroatoms. The van der Waals surface area contributed by atoms with Crippen molar-refractivity contribution in [3.8, 4) is 0 Å². The highest BCUT2D eigenvalue weighted by Crippen LogP contribution is 2.23. The SMILES string of the molecule is CCN(CC)C(=O)CC1CCN(C(=O)OC(C)(C)C)CC1. The van der Waals surface area contributed by atoms with Crippen LogP contribution in [0, 0.1) is 5.92 Å². The fraction of sp³-hybridized carbons (Fsp3) is 0.875. The minimum absolute atomic E-state index is 0.232. The normalized spacial score (nSPS) is 16.7. The van der Waals surface area contributed by atoms with Crippen LogP contribution in [-0.4, -0.2) is 53.6 Å². The maximum atomic E-state index is 12.1. The van der Waals surface area contributed by atoms with Gasteiger partial charge in [-0.2, -0.15) is 0 Å². The fourth-order valence-corrected chi connectivity index (χ4v) is 2.60. The Bertz CT molecular complexity index is 351. The molecule has 0 N–H and O–H groups in total. The lowest BCUT2D eigenvalue weighted by Crippen LogP contribution is -2.42. The van der Waals surface area contributed by atoms with Gasteiger partial charge in [0.25, 0.3) is 0 Å². The van der Waals surface area contributed by atoms with Crippen LogP contribution < -0.4 is 0 Å². The molecular formula is C16H30N2O3. The number of amides is 2. The zero-order chi connectivity index (χ0) is 16.0. The van der Waals surface area contributed by atoms with E-state index in [1.807, 2.05) is 39.5 Å². The Morgan fingerprint density at radius 3 is 2.10 bits per heavy atom. The van der Waals surface area contributed by atoms with E-state index in [2.05, 4.69) is 0 Å². The number of carbonyl (C=O) groups is 2. The molecular weight excluding hydrogens is 268 g/mol. The molecule has 5 nitrogen and oxygen atoms in total. The van der Waals surface area contributed by atoms with E-state index in [4.69, 9.17) is 4.74 Å². The molecule has 0 aromatic rings. The molecule has 1 aliphatic heterocycles. The molecule has 0 aliphatic carbocycles. The van der Waals surface area contributed by atoms with E-state index in [1.165, 1.54) is 0 Å². The molecule has 0 aromatic heterocycles. The van der Waals surface area contributed by atoms with Crippen LogP contribution in [0.4, 0.5) is 4.79 Å². The lowest BCUT2D eigenvalue weighted by molar-refractivity contribution is -0.132. The van der Waals surface area contributed by atoms with Gasteiger partial charge in [0.05, 0.1) is 0 Å². The summed E-state index contributed by atoms with van der Waals surface area (Å²) in [4.78, 5) is 27.7. The Labute approximate surface area is 128 Å². The first-order valence-corrected chi connectivity index (χ1v) is 8.02. The van der Waals surface area contributed by atoms with Crippen molar-refractivity contribution in [2.75, 3.05) is 26.2 Å². The first kappa shape index (κ1) is 17.8. The molecule has 122 valence electrons. The summed E-state index contributed by atoms with van der Waals surface area (Å²) < 4.78 is 5.38. The molecule has 1 fully saturated rings. The summed E-state index contributed by atoms with van der Waals surface area (Å²) in [6.07, 6.45) is 2.12. The highest BCUT2D eigenvalue weighted by atomic mass is 16.6. The maximum Gasteiger partial charge on any atom is 0.410 e. The summed E-state index contributed by atoms with van der Waals surface area (Å²) >= 11 is 0. The van der Waals surface area contributed by atoms with Gasteiger partial charge in [0, 0.05) is 32.6 Å². The summed E-state index contributed by atoms with van der Waals surface area (Å²) in [5, 5.41) is 0. The Morgan fingerprint density at radius 1 is 1.14 bits per heavy atom. The first-order valence-electron chi connectivity index (χ1n) is 8.02. The van der Waals surface area contributed by atoms with Gasteiger partial charge in [-0.3, -0.25) is 4.79 Å². The zero-order valence-electron chi connectivity index (χ0n) is 14.1. The molecule has 1 aliphatic rings. The number of nitrogens with zero attached hydrogens (tertiary/aromatic N) is 2. The van der Waals surface area contributed by atoms with Crippen LogP contribution in [0.15, 0.2) is 0 Å². The van der Waals surface area contributed by atoms with Crippen LogP contribution >= 0.6 is 0 Å². The van der Waals surface area contributed by atoms with Gasteiger partial charge >= 0.3 is 6.09 Å². The topological polar surface area (TPSA) is 49.9 Å². The smallest absolute Gasteiger partial charge is 0.410 e. The number of rotatable bonds is 4. The Kier molecular flexibility index (Phi) is 6.49. The minimum Gasteiger partial charge on any atom is -0.444 e. The Morgan fingerprint density at radius 2 is 1.67 bits per heavy atom. The maximum absolute atomic E-state index is 12.1. The van der Waals surface area contributed by atoms with E-state index in [-0.39, 0.29) is 12.0 Å². The third-order valence-electron chi connectivity index (χ3n) is 3.85. The zero-order valence-corrected chi connectivity index (χ0v) is 14.1. The largest absolute Gasteiger partial charge is 0.444 e. The first-order chi connectivity index (χ1) is 9.76. The van der Waals surface area contributed by atoms with Gasteiger partial charge < -0.3 is 14.5 Å². The van der Waals surface area contributed by atoms with Crippen molar-refractivity contribution in [3.05, 3.63) is 0 Å². The van der Waals surface area contributed by atoms with E-state index in [1.54, 1.807) is 4.90 Å². The predicted molar refractivity (Wildman–Crippen MR) is 83.1 cm³/mol. The standard InChI is InChI=1S/C16H30N2O3/c1-6-17(7-2)14(19)12-13-8-10-18(11-9-13)15(20)21-16(3,4)5/h13H,6-12H2,1-5H3. The van der Waals surface area contributed by atoms with Gasteiger partial charge in [-0.1, -0.05) is 0 Å². The monoisotopic (exact) mass is 298 g/mol. The van der Waals surface area contributed by atoms with Crippen molar-refractivity contribution >= 4 is 12.0 Å². The lowest BCUT2D eigenvalue weighted by Gasteiger charge is -2.33. The second kappa shape index (κ2) is 7.66. The van der Waals surface area contributed by atoms with Crippen LogP contribution in [0.1, 0.15) is 53.9 Å². The average molecular weight is 298 g/mol. The number of carbonyl (C=O) groups excluding carboxylic acids is 2. The van der Waals surface area contributed by atoms with Crippen molar-refractivity contribution in [2.24, 2.45) is 5.92 Å². The quantitative estimate of drug-likeness (QED) is 0.802. The van der Waals surface area contributed by atoms with Crippen LogP contribution in [0.5, 0.6) is 0 Å². The summed E-state index contributed by atoms with van der Waals surface area (Å²) in [5.74, 6) is 0.618. The molecule has 0 radical (unpaired) electrons. The second-order valence-electron chi connectivity index (χ2n) is 6.68. The van der Waals surface area contributed by atoms with Crippen LogP contribution in [-0.2, 0) is 9.53 Å². The highest BCUT2D eigenvalue weighted by molar-refractivity contribution is 5.76. The number of likely N-dealkylation sites (tertiary alicyclic amines) is 1. The second-order valence-corrected chi connectivity index (χ2v) is 6.68. The molecule has 2 amide bonds. The average Bonchev–Trinajstić information content (AvgIpc) is 2.39. The minimum atomic E-state index is -0.452. The summed E-state index contributed by atoms with van der Waals surface area (Å²) in [6, 6.07) is 0. The van der Waals surface area contributed by atoms with Gasteiger partial charge in [-0.05, 0) is 53.4 Å². The van der Waals surface area contributed by atoms with E-state index in [9.17, 15) is 9.59 Å². The molecule has 0 saturated carbocycles. The van der Waals surface area contributed by atoms with Crippen LogP contribution in [0.2, 0.25) is 0 Å². The molecule has 21 heavy (non-hydrogen) atoms. The molecule has 0 spiro atoms. The number of hydrogen-bond donors (Lipinski definition) is 0. The van der Waals surface area contributed by atoms with E-state index in [0.717, 1.165) is 25.9 Å². The van der Waals surface area contributed by atoms with E-state index < -0.39 is 5.60 Å². The Balaban J connectivity index is 2.39. The fourth-order valence-electron chi connectivity index (χ4n) is 2.60. The van der Waals surface area contributed by atoms with Crippen molar-refractivity contribution in [1.82, 2.24) is 9.80 Å². The number of hydrogen-bond acceptors (Lipinski definition) is 3. The van der Waals surface area contributed by atoms with Crippen molar-refractivity contribution in [1.29, 1.82) is 0 Å². The van der Waals surface area contributed by atoms with Crippen molar-refractivity contribution in [2.45, 2.75) is 59.5 Å². The predicted octanol–water partition coefficient (Wildman–Crippen LogP) is 2.89. The summed E-state index contributed by atoms with van der Waals surface area (Å²) in [6.45, 7) is 12.6. The lowest BCUT2D eigenvalue weighted by atomic mass is 9.93. The molecule has 1 heterocycles. The van der Waals surface area contributed by atoms with Crippen molar-refractivity contribution < 1.29 is 14.3 Å². The third-order valence-corrected chi connectivity index (χ3v) is 3.85. The number of ether oxygens (including phenoxy) is 1. The van der Waals surface area contributed by atoms with E-state index >= 15 is 0 Å². The van der Waals surface area contributed by atoms with Gasteiger partial charge in [0.2, 0.25) is 5.91 Å². The molecule has 0 bridgehead atoms.